The molecule has 1 heterocycles. The zero-order chi connectivity index (χ0) is 16.8. The second kappa shape index (κ2) is 7.86. The number of carbonyl (C=O) groups excluding carboxylic acids is 1. The Balaban J connectivity index is 1.44. The van der Waals surface area contributed by atoms with Gasteiger partial charge in [-0.15, -0.1) is 0 Å². The number of ether oxygens (including phenoxy) is 1. The lowest BCUT2D eigenvalue weighted by Gasteiger charge is -2.15. The largest absolute Gasteiger partial charge is 0.461 e. The summed E-state index contributed by atoms with van der Waals surface area (Å²) in [6.45, 7) is 1.53. The van der Waals surface area contributed by atoms with Crippen LogP contribution in [0.25, 0.3) is 11.1 Å². The highest BCUT2D eigenvalue weighted by Crippen LogP contribution is 2.21. The van der Waals surface area contributed by atoms with Crippen molar-refractivity contribution in [3.63, 3.8) is 0 Å². The van der Waals surface area contributed by atoms with Crippen molar-refractivity contribution in [2.75, 3.05) is 13.1 Å². The van der Waals surface area contributed by atoms with E-state index in [-0.39, 0.29) is 5.97 Å². The van der Waals surface area contributed by atoms with Gasteiger partial charge < -0.3 is 4.74 Å². The van der Waals surface area contributed by atoms with Gasteiger partial charge in [-0.05, 0) is 40.4 Å². The Hall–Kier alpha value is -2.49. The predicted molar refractivity (Wildman–Crippen MR) is 92.4 cm³/mol. The van der Waals surface area contributed by atoms with Crippen LogP contribution >= 0.6 is 0 Å². The summed E-state index contributed by atoms with van der Waals surface area (Å²) in [6.07, 6.45) is 2.15. The number of hydrogen-bond acceptors (Lipinski definition) is 3. The van der Waals surface area contributed by atoms with Crippen LogP contribution in [0, 0.1) is 10.8 Å². The van der Waals surface area contributed by atoms with E-state index in [0.29, 0.717) is 32.0 Å². The summed E-state index contributed by atoms with van der Waals surface area (Å²) >= 11 is 0. The molecule has 3 rings (SSSR count). The number of esters is 1. The van der Waals surface area contributed by atoms with Gasteiger partial charge in [-0.25, -0.2) is 0 Å². The fraction of sp³-hybridized carbons (Fsp3) is 0.350. The van der Waals surface area contributed by atoms with Gasteiger partial charge in [0.05, 0.1) is 5.92 Å². The minimum Gasteiger partial charge on any atom is -0.461 e. The van der Waals surface area contributed by atoms with Gasteiger partial charge in [-0.2, -0.15) is 0 Å². The lowest BCUT2D eigenvalue weighted by molar-refractivity contribution is -0.623. The smallest absolute Gasteiger partial charge is 0.306 e. The molecule has 0 radical (unpaired) electrons. The Morgan fingerprint density at radius 2 is 1.79 bits per heavy atom. The van der Waals surface area contributed by atoms with Gasteiger partial charge in [-0.1, -0.05) is 48.5 Å². The molecule has 1 aliphatic heterocycles. The number of carbonyl (C=O) groups is 1. The van der Waals surface area contributed by atoms with Gasteiger partial charge in [0.1, 0.15) is 6.61 Å². The Labute approximate surface area is 142 Å². The highest BCUT2D eigenvalue weighted by atomic mass is 16.5. The summed E-state index contributed by atoms with van der Waals surface area (Å²) in [4.78, 5) is 22.7. The third kappa shape index (κ3) is 4.51. The summed E-state index contributed by atoms with van der Waals surface area (Å²) in [5, 5.41) is 0. The number of rotatable bonds is 7. The molecular weight excluding hydrogens is 302 g/mol. The van der Waals surface area contributed by atoms with Crippen molar-refractivity contribution in [2.24, 2.45) is 5.92 Å². The van der Waals surface area contributed by atoms with Crippen LogP contribution in [0.15, 0.2) is 54.6 Å². The molecule has 0 N–H and O–H groups in total. The van der Waals surface area contributed by atoms with E-state index in [1.807, 2.05) is 30.3 Å². The van der Waals surface area contributed by atoms with Crippen molar-refractivity contribution in [3.8, 4) is 11.1 Å². The standard InChI is InChI=1S/C20H22NO3/c22-20(11-5-7-17-13-21(23)14-17)24-15-16-6-4-10-19(12-16)18-8-2-1-3-9-18/h1-4,6,8-10,12,17H,5,7,11,13-15H2/q+1. The average Bonchev–Trinajstić information content (AvgIpc) is 2.59. The molecule has 0 aromatic heterocycles. The third-order valence-corrected chi connectivity index (χ3v) is 4.35. The van der Waals surface area contributed by atoms with Crippen LogP contribution in [-0.2, 0) is 16.1 Å². The summed E-state index contributed by atoms with van der Waals surface area (Å²) in [7, 11) is 0. The zero-order valence-corrected chi connectivity index (χ0v) is 13.7. The first-order valence-corrected chi connectivity index (χ1v) is 8.43. The molecule has 4 nitrogen and oxygen atoms in total. The second-order valence-corrected chi connectivity index (χ2v) is 6.33. The lowest BCUT2D eigenvalue weighted by atomic mass is 9.96. The average molecular weight is 324 g/mol. The summed E-state index contributed by atoms with van der Waals surface area (Å²) < 4.78 is 6.42. The topological polar surface area (TPSA) is 46.4 Å². The molecular formula is C20H22NO3+. The summed E-state index contributed by atoms with van der Waals surface area (Å²) in [5.74, 6) is 0.288. The first kappa shape index (κ1) is 16.4. The van der Waals surface area contributed by atoms with Crippen molar-refractivity contribution >= 4 is 5.97 Å². The Morgan fingerprint density at radius 1 is 1.04 bits per heavy atom. The number of hydrogen-bond donors (Lipinski definition) is 0. The summed E-state index contributed by atoms with van der Waals surface area (Å²) in [5.41, 5.74) is 3.26. The van der Waals surface area contributed by atoms with E-state index >= 15 is 0 Å². The van der Waals surface area contributed by atoms with Crippen LogP contribution in [0.4, 0.5) is 0 Å². The molecule has 124 valence electrons. The van der Waals surface area contributed by atoms with Gasteiger partial charge in [0.25, 0.3) is 0 Å². The van der Waals surface area contributed by atoms with Gasteiger partial charge in [0, 0.05) is 11.3 Å². The molecule has 1 aliphatic rings. The van der Waals surface area contributed by atoms with Gasteiger partial charge in [-0.3, -0.25) is 4.79 Å². The third-order valence-electron chi connectivity index (χ3n) is 4.35. The molecule has 2 aromatic rings. The van der Waals surface area contributed by atoms with Crippen LogP contribution in [0.3, 0.4) is 0 Å². The molecule has 0 atom stereocenters. The van der Waals surface area contributed by atoms with Crippen molar-refractivity contribution in [1.29, 1.82) is 0 Å². The molecule has 1 fully saturated rings. The van der Waals surface area contributed by atoms with Crippen molar-refractivity contribution in [3.05, 3.63) is 65.1 Å². The maximum atomic E-state index is 11.8. The van der Waals surface area contributed by atoms with Gasteiger partial charge >= 0.3 is 5.97 Å². The first-order chi connectivity index (χ1) is 11.7. The number of benzene rings is 2. The van der Waals surface area contributed by atoms with E-state index in [1.54, 1.807) is 0 Å². The Kier molecular flexibility index (Phi) is 5.36. The van der Waals surface area contributed by atoms with Crippen LogP contribution in [0.5, 0.6) is 0 Å². The van der Waals surface area contributed by atoms with E-state index in [1.165, 1.54) is 0 Å². The molecule has 0 unspecified atom stereocenters. The van der Waals surface area contributed by atoms with E-state index in [2.05, 4.69) is 24.3 Å². The number of nitroso groups, excluding NO2 is 1. The monoisotopic (exact) mass is 324 g/mol. The maximum Gasteiger partial charge on any atom is 0.306 e. The quantitative estimate of drug-likeness (QED) is 0.572. The molecule has 2 aromatic carbocycles. The van der Waals surface area contributed by atoms with Crippen molar-refractivity contribution in [2.45, 2.75) is 25.9 Å². The minimum atomic E-state index is -0.168. The van der Waals surface area contributed by atoms with Crippen LogP contribution in [0.1, 0.15) is 24.8 Å². The fourth-order valence-corrected chi connectivity index (χ4v) is 2.95. The Bertz CT molecular complexity index is 704. The zero-order valence-electron chi connectivity index (χ0n) is 13.7. The fourth-order valence-electron chi connectivity index (χ4n) is 2.95. The highest BCUT2D eigenvalue weighted by Gasteiger charge is 2.34. The van der Waals surface area contributed by atoms with Crippen LogP contribution < -0.4 is 0 Å². The van der Waals surface area contributed by atoms with E-state index in [4.69, 9.17) is 4.74 Å². The van der Waals surface area contributed by atoms with E-state index in [9.17, 15) is 9.70 Å². The van der Waals surface area contributed by atoms with Crippen LogP contribution in [-0.4, -0.2) is 23.8 Å². The molecule has 4 heteroatoms. The second-order valence-electron chi connectivity index (χ2n) is 6.33. The highest BCUT2D eigenvalue weighted by molar-refractivity contribution is 5.69. The maximum absolute atomic E-state index is 11.8. The molecule has 0 bridgehead atoms. The Morgan fingerprint density at radius 3 is 2.54 bits per heavy atom. The van der Waals surface area contributed by atoms with Crippen LogP contribution in [0.2, 0.25) is 0 Å². The lowest BCUT2D eigenvalue weighted by Crippen LogP contribution is -2.37. The molecule has 24 heavy (non-hydrogen) atoms. The number of nitrogens with zero attached hydrogens (tertiary/aromatic N) is 1. The molecule has 0 spiro atoms. The SMILES string of the molecule is O=C(CCCC1C[N+](=O)C1)OCc1cccc(-c2ccccc2)c1. The predicted octanol–water partition coefficient (Wildman–Crippen LogP) is 3.98. The molecule has 0 saturated carbocycles. The molecule has 0 amide bonds. The van der Waals surface area contributed by atoms with Gasteiger partial charge in [0.15, 0.2) is 0 Å². The van der Waals surface area contributed by atoms with Gasteiger partial charge in [0.2, 0.25) is 13.1 Å². The normalized spacial score (nSPS) is 14.2. The summed E-state index contributed by atoms with van der Waals surface area (Å²) in [6, 6.07) is 18.2. The van der Waals surface area contributed by atoms with Crippen molar-refractivity contribution < 1.29 is 14.3 Å². The van der Waals surface area contributed by atoms with Crippen molar-refractivity contribution in [1.82, 2.24) is 0 Å². The first-order valence-electron chi connectivity index (χ1n) is 8.43. The molecule has 0 aliphatic carbocycles. The van der Waals surface area contributed by atoms with E-state index in [0.717, 1.165) is 34.3 Å². The minimum absolute atomic E-state index is 0.168. The van der Waals surface area contributed by atoms with E-state index < -0.39 is 0 Å². The molecule has 1 saturated heterocycles.